The number of rotatable bonds is 4. The summed E-state index contributed by atoms with van der Waals surface area (Å²) in [5.74, 6) is 0. The van der Waals surface area contributed by atoms with Crippen LogP contribution >= 0.6 is 0 Å². The number of aromatic nitrogens is 1. The van der Waals surface area contributed by atoms with Gasteiger partial charge in [0.05, 0.1) is 12.3 Å². The predicted octanol–water partition coefficient (Wildman–Crippen LogP) is 0.591. The predicted molar refractivity (Wildman–Crippen MR) is 51.3 cm³/mol. The highest BCUT2D eigenvalue weighted by atomic mass is 16.5. The Labute approximate surface area is 76.2 Å². The summed E-state index contributed by atoms with van der Waals surface area (Å²) < 4.78 is 6.50. The van der Waals surface area contributed by atoms with Crippen LogP contribution in [0.3, 0.4) is 0 Å². The minimum atomic E-state index is -0.230. The van der Waals surface area contributed by atoms with Gasteiger partial charge < -0.3 is 10.5 Å². The van der Waals surface area contributed by atoms with Crippen LogP contribution in [0.25, 0.3) is 0 Å². The van der Waals surface area contributed by atoms with Gasteiger partial charge in [0.15, 0.2) is 0 Å². The molecule has 0 saturated heterocycles. The molecule has 2 N–H and O–H groups in total. The van der Waals surface area contributed by atoms with Crippen LogP contribution in [0, 0.1) is 0 Å². The number of hydrogen-bond donors (Lipinski definition) is 1. The second-order valence-electron chi connectivity index (χ2n) is 2.53. The van der Waals surface area contributed by atoms with Crippen LogP contribution in [-0.4, -0.2) is 11.2 Å². The second-order valence-corrected chi connectivity index (χ2v) is 2.53. The third-order valence-electron chi connectivity index (χ3n) is 1.52. The molecule has 0 atom stereocenters. The van der Waals surface area contributed by atoms with E-state index in [1.165, 1.54) is 4.57 Å². The molecule has 0 aliphatic carbocycles. The van der Waals surface area contributed by atoms with Crippen LogP contribution in [0.15, 0.2) is 35.8 Å². The molecule has 1 heterocycles. The SMILES string of the molecule is C=CCOCn1cccc(N)c1=O. The molecule has 0 aliphatic rings. The van der Waals surface area contributed by atoms with Crippen LogP contribution in [0.2, 0.25) is 0 Å². The summed E-state index contributed by atoms with van der Waals surface area (Å²) in [7, 11) is 0. The Balaban J connectivity index is 2.72. The fourth-order valence-electron chi connectivity index (χ4n) is 0.891. The number of nitrogens with zero attached hydrogens (tertiary/aromatic N) is 1. The molecule has 0 amide bonds. The van der Waals surface area contributed by atoms with E-state index in [1.807, 2.05) is 0 Å². The van der Waals surface area contributed by atoms with E-state index < -0.39 is 0 Å². The van der Waals surface area contributed by atoms with Gasteiger partial charge in [-0.15, -0.1) is 6.58 Å². The number of nitrogens with two attached hydrogens (primary N) is 1. The molecule has 0 saturated carbocycles. The van der Waals surface area contributed by atoms with Crippen molar-refractivity contribution in [2.45, 2.75) is 6.73 Å². The molecule has 13 heavy (non-hydrogen) atoms. The topological polar surface area (TPSA) is 57.2 Å². The molecule has 4 nitrogen and oxygen atoms in total. The van der Waals surface area contributed by atoms with Crippen LogP contribution in [-0.2, 0) is 11.5 Å². The van der Waals surface area contributed by atoms with Crippen LogP contribution in [0.4, 0.5) is 5.69 Å². The second kappa shape index (κ2) is 4.47. The van der Waals surface area contributed by atoms with E-state index >= 15 is 0 Å². The maximum atomic E-state index is 11.3. The monoisotopic (exact) mass is 180 g/mol. The third-order valence-corrected chi connectivity index (χ3v) is 1.52. The maximum Gasteiger partial charge on any atom is 0.275 e. The maximum absolute atomic E-state index is 11.3. The molecule has 0 unspecified atom stereocenters. The average Bonchev–Trinajstić information content (AvgIpc) is 2.13. The highest BCUT2D eigenvalue weighted by Gasteiger charge is 1.97. The van der Waals surface area contributed by atoms with Gasteiger partial charge in [-0.05, 0) is 12.1 Å². The Morgan fingerprint density at radius 1 is 1.69 bits per heavy atom. The highest BCUT2D eigenvalue weighted by molar-refractivity contribution is 5.33. The van der Waals surface area contributed by atoms with E-state index in [4.69, 9.17) is 10.5 Å². The molecule has 0 radical (unpaired) electrons. The zero-order valence-electron chi connectivity index (χ0n) is 7.27. The Bertz CT molecular complexity index is 344. The average molecular weight is 180 g/mol. The molecule has 0 fully saturated rings. The molecule has 1 rings (SSSR count). The summed E-state index contributed by atoms with van der Waals surface area (Å²) in [6.07, 6.45) is 3.25. The Morgan fingerprint density at radius 2 is 2.46 bits per heavy atom. The Kier molecular flexibility index (Phi) is 3.28. The minimum Gasteiger partial charge on any atom is -0.394 e. The standard InChI is InChI=1S/C9H12N2O2/c1-2-6-13-7-11-5-3-4-8(10)9(11)12/h2-5H,1,6-7,10H2. The van der Waals surface area contributed by atoms with Crippen molar-refractivity contribution in [3.63, 3.8) is 0 Å². The van der Waals surface area contributed by atoms with Crippen molar-refractivity contribution in [2.75, 3.05) is 12.3 Å². The normalized spacial score (nSPS) is 9.85. The zero-order valence-corrected chi connectivity index (χ0v) is 7.27. The first kappa shape index (κ1) is 9.54. The molecular weight excluding hydrogens is 168 g/mol. The van der Waals surface area contributed by atoms with E-state index in [1.54, 1.807) is 24.4 Å². The van der Waals surface area contributed by atoms with Crippen LogP contribution in [0.5, 0.6) is 0 Å². The van der Waals surface area contributed by atoms with Gasteiger partial charge >= 0.3 is 0 Å². The van der Waals surface area contributed by atoms with Gasteiger partial charge in [-0.25, -0.2) is 0 Å². The molecule has 0 spiro atoms. The Hall–Kier alpha value is -1.55. The lowest BCUT2D eigenvalue weighted by atomic mass is 10.4. The van der Waals surface area contributed by atoms with E-state index in [-0.39, 0.29) is 18.0 Å². The van der Waals surface area contributed by atoms with E-state index in [0.29, 0.717) is 6.61 Å². The van der Waals surface area contributed by atoms with E-state index in [9.17, 15) is 4.79 Å². The van der Waals surface area contributed by atoms with Crippen molar-refractivity contribution in [1.29, 1.82) is 0 Å². The van der Waals surface area contributed by atoms with Crippen molar-refractivity contribution in [2.24, 2.45) is 0 Å². The molecule has 1 aromatic rings. The summed E-state index contributed by atoms with van der Waals surface area (Å²) in [5.41, 5.74) is 5.41. The lowest BCUT2D eigenvalue weighted by Crippen LogP contribution is -2.23. The molecule has 0 aromatic carbocycles. The molecule has 1 aromatic heterocycles. The van der Waals surface area contributed by atoms with E-state index in [0.717, 1.165) is 0 Å². The summed E-state index contributed by atoms with van der Waals surface area (Å²) >= 11 is 0. The summed E-state index contributed by atoms with van der Waals surface area (Å²) in [5, 5.41) is 0. The van der Waals surface area contributed by atoms with Gasteiger partial charge in [-0.2, -0.15) is 0 Å². The van der Waals surface area contributed by atoms with Gasteiger partial charge in [0, 0.05) is 6.20 Å². The van der Waals surface area contributed by atoms with Gasteiger partial charge in [0.2, 0.25) is 0 Å². The quantitative estimate of drug-likeness (QED) is 0.545. The van der Waals surface area contributed by atoms with Gasteiger partial charge in [-0.3, -0.25) is 9.36 Å². The molecular formula is C9H12N2O2. The van der Waals surface area contributed by atoms with Crippen LogP contribution in [0.1, 0.15) is 0 Å². The first-order valence-corrected chi connectivity index (χ1v) is 3.89. The zero-order chi connectivity index (χ0) is 9.68. The summed E-state index contributed by atoms with van der Waals surface area (Å²) in [6.45, 7) is 4.12. The van der Waals surface area contributed by atoms with Crippen molar-refractivity contribution in [1.82, 2.24) is 4.57 Å². The molecule has 0 bridgehead atoms. The summed E-state index contributed by atoms with van der Waals surface area (Å²) in [6, 6.07) is 3.26. The first-order chi connectivity index (χ1) is 6.25. The fraction of sp³-hybridized carbons (Fsp3) is 0.222. The van der Waals surface area contributed by atoms with Crippen LogP contribution < -0.4 is 11.3 Å². The Morgan fingerprint density at radius 3 is 3.15 bits per heavy atom. The molecule has 0 aliphatic heterocycles. The van der Waals surface area contributed by atoms with Crippen molar-refractivity contribution < 1.29 is 4.74 Å². The largest absolute Gasteiger partial charge is 0.394 e. The highest BCUT2D eigenvalue weighted by Crippen LogP contribution is 1.92. The van der Waals surface area contributed by atoms with Crippen molar-refractivity contribution >= 4 is 5.69 Å². The number of hydrogen-bond acceptors (Lipinski definition) is 3. The lowest BCUT2D eigenvalue weighted by molar-refractivity contribution is 0.0979. The van der Waals surface area contributed by atoms with Gasteiger partial charge in [0.1, 0.15) is 6.73 Å². The smallest absolute Gasteiger partial charge is 0.275 e. The van der Waals surface area contributed by atoms with Gasteiger partial charge in [0.25, 0.3) is 5.56 Å². The number of pyridine rings is 1. The third kappa shape index (κ3) is 2.45. The van der Waals surface area contributed by atoms with Crippen molar-refractivity contribution in [3.8, 4) is 0 Å². The number of anilines is 1. The van der Waals surface area contributed by atoms with E-state index in [2.05, 4.69) is 6.58 Å². The number of ether oxygens (including phenoxy) is 1. The minimum absolute atomic E-state index is 0.204. The fourth-order valence-corrected chi connectivity index (χ4v) is 0.891. The van der Waals surface area contributed by atoms with Gasteiger partial charge in [-0.1, -0.05) is 6.08 Å². The molecule has 70 valence electrons. The van der Waals surface area contributed by atoms with Crippen molar-refractivity contribution in [3.05, 3.63) is 41.3 Å². The lowest BCUT2D eigenvalue weighted by Gasteiger charge is -2.05. The molecule has 4 heteroatoms. The summed E-state index contributed by atoms with van der Waals surface area (Å²) in [4.78, 5) is 11.3. The number of nitrogen functional groups attached to an aromatic ring is 1. The first-order valence-electron chi connectivity index (χ1n) is 3.89.